The molecule has 0 saturated carbocycles. The normalized spacial score (nSPS) is 12.3. The monoisotopic (exact) mass is 291 g/mol. The zero-order chi connectivity index (χ0) is 15.6. The standard InChI is InChI=1S/C15H16O6/c1-8(16)5-12-9(2)11-4-3-10(20-7-14(17)18)6-13(11)21-15(12)19/h3-4,6,8,16H,5,7H2,1-2H3,(H,17,18)/p-1/t8-/m1/s1. The fourth-order valence-corrected chi connectivity index (χ4v) is 2.14. The van der Waals surface area contributed by atoms with Crippen LogP contribution in [0.5, 0.6) is 5.75 Å². The number of hydrogen-bond donors (Lipinski definition) is 1. The lowest BCUT2D eigenvalue weighted by molar-refractivity contribution is -0.307. The molecule has 1 N–H and O–H groups in total. The zero-order valence-corrected chi connectivity index (χ0v) is 11.7. The van der Waals surface area contributed by atoms with Gasteiger partial charge in [-0.3, -0.25) is 0 Å². The predicted octanol–water partition coefficient (Wildman–Crippen LogP) is 0.153. The third-order valence-corrected chi connectivity index (χ3v) is 3.12. The number of aliphatic hydroxyl groups is 1. The number of aryl methyl sites for hydroxylation is 1. The summed E-state index contributed by atoms with van der Waals surface area (Å²) in [7, 11) is 0. The van der Waals surface area contributed by atoms with E-state index in [1.54, 1.807) is 26.0 Å². The van der Waals surface area contributed by atoms with Crippen molar-refractivity contribution >= 4 is 16.9 Å². The molecular formula is C15H15O6-. The summed E-state index contributed by atoms with van der Waals surface area (Å²) in [6.45, 7) is 2.80. The molecule has 112 valence electrons. The zero-order valence-electron chi connectivity index (χ0n) is 11.7. The summed E-state index contributed by atoms with van der Waals surface area (Å²) < 4.78 is 10.2. The number of carbonyl (C=O) groups is 1. The van der Waals surface area contributed by atoms with Gasteiger partial charge in [0.05, 0.1) is 12.1 Å². The van der Waals surface area contributed by atoms with Crippen LogP contribution >= 0.6 is 0 Å². The van der Waals surface area contributed by atoms with Gasteiger partial charge in [0.1, 0.15) is 17.9 Å². The molecule has 1 atom stereocenters. The SMILES string of the molecule is Cc1c(C[C@@H](C)O)c(=O)oc2cc(OCC(=O)[O-])ccc12. The predicted molar refractivity (Wildman–Crippen MR) is 73.1 cm³/mol. The van der Waals surface area contributed by atoms with Crippen molar-refractivity contribution in [3.63, 3.8) is 0 Å². The van der Waals surface area contributed by atoms with Crippen LogP contribution in [0.15, 0.2) is 27.4 Å². The van der Waals surface area contributed by atoms with Gasteiger partial charge < -0.3 is 24.2 Å². The minimum atomic E-state index is -1.33. The van der Waals surface area contributed by atoms with Gasteiger partial charge in [-0.2, -0.15) is 0 Å². The summed E-state index contributed by atoms with van der Waals surface area (Å²) in [6, 6.07) is 4.73. The van der Waals surface area contributed by atoms with Gasteiger partial charge in [0.15, 0.2) is 0 Å². The van der Waals surface area contributed by atoms with E-state index in [0.29, 0.717) is 16.5 Å². The number of rotatable bonds is 5. The number of carboxylic acids is 1. The lowest BCUT2D eigenvalue weighted by atomic mass is 10.0. The Morgan fingerprint density at radius 2 is 2.19 bits per heavy atom. The van der Waals surface area contributed by atoms with E-state index in [4.69, 9.17) is 9.15 Å². The van der Waals surface area contributed by atoms with Gasteiger partial charge in [-0.1, -0.05) is 0 Å². The first-order valence-corrected chi connectivity index (χ1v) is 6.45. The van der Waals surface area contributed by atoms with Gasteiger partial charge in [0, 0.05) is 23.4 Å². The number of aliphatic carboxylic acids is 1. The number of ether oxygens (including phenoxy) is 1. The van der Waals surface area contributed by atoms with Gasteiger partial charge in [0.2, 0.25) is 0 Å². The Hall–Kier alpha value is -2.34. The molecule has 1 aromatic heterocycles. The van der Waals surface area contributed by atoms with Crippen molar-refractivity contribution in [2.24, 2.45) is 0 Å². The molecule has 0 saturated heterocycles. The fraction of sp³-hybridized carbons (Fsp3) is 0.333. The molecule has 0 radical (unpaired) electrons. The van der Waals surface area contributed by atoms with Gasteiger partial charge in [-0.15, -0.1) is 0 Å². The molecule has 0 aliphatic carbocycles. The first kappa shape index (κ1) is 15.1. The molecule has 0 amide bonds. The second-order valence-electron chi connectivity index (χ2n) is 4.86. The molecule has 6 nitrogen and oxygen atoms in total. The van der Waals surface area contributed by atoms with Crippen molar-refractivity contribution in [2.45, 2.75) is 26.4 Å². The Kier molecular flexibility index (Phi) is 4.28. The van der Waals surface area contributed by atoms with E-state index >= 15 is 0 Å². The van der Waals surface area contributed by atoms with Crippen LogP contribution in [0.3, 0.4) is 0 Å². The number of carboxylic acid groups (broad SMARTS) is 1. The molecule has 2 rings (SSSR count). The summed E-state index contributed by atoms with van der Waals surface area (Å²) >= 11 is 0. The number of carbonyl (C=O) groups excluding carboxylic acids is 1. The third-order valence-electron chi connectivity index (χ3n) is 3.12. The van der Waals surface area contributed by atoms with Crippen LogP contribution < -0.4 is 15.5 Å². The van der Waals surface area contributed by atoms with Crippen LogP contribution in [-0.2, 0) is 11.2 Å². The summed E-state index contributed by atoms with van der Waals surface area (Å²) in [4.78, 5) is 22.3. The average Bonchev–Trinajstić information content (AvgIpc) is 2.40. The van der Waals surface area contributed by atoms with Crippen molar-refractivity contribution in [1.82, 2.24) is 0 Å². The smallest absolute Gasteiger partial charge is 0.339 e. The van der Waals surface area contributed by atoms with Crippen LogP contribution in [0.4, 0.5) is 0 Å². The molecule has 21 heavy (non-hydrogen) atoms. The Morgan fingerprint density at radius 3 is 2.81 bits per heavy atom. The van der Waals surface area contributed by atoms with E-state index in [-0.39, 0.29) is 12.2 Å². The Morgan fingerprint density at radius 1 is 1.48 bits per heavy atom. The lowest BCUT2D eigenvalue weighted by Gasteiger charge is -2.11. The molecule has 0 fully saturated rings. The fourth-order valence-electron chi connectivity index (χ4n) is 2.14. The van der Waals surface area contributed by atoms with E-state index in [1.807, 2.05) is 0 Å². The van der Waals surface area contributed by atoms with E-state index in [0.717, 1.165) is 5.56 Å². The highest BCUT2D eigenvalue weighted by Crippen LogP contribution is 2.24. The molecule has 1 aromatic carbocycles. The summed E-state index contributed by atoms with van der Waals surface area (Å²) in [5.41, 5.74) is 0.954. The van der Waals surface area contributed by atoms with E-state index in [9.17, 15) is 19.8 Å². The quantitative estimate of drug-likeness (QED) is 0.787. The highest BCUT2D eigenvalue weighted by molar-refractivity contribution is 5.82. The molecule has 6 heteroatoms. The maximum absolute atomic E-state index is 11.9. The van der Waals surface area contributed by atoms with Crippen molar-refractivity contribution in [2.75, 3.05) is 6.61 Å². The van der Waals surface area contributed by atoms with Crippen LogP contribution in [0.25, 0.3) is 11.0 Å². The number of aliphatic hydroxyl groups excluding tert-OH is 1. The van der Waals surface area contributed by atoms with Crippen LogP contribution in [0, 0.1) is 6.92 Å². The molecule has 0 bridgehead atoms. The summed E-state index contributed by atoms with van der Waals surface area (Å²) in [6.07, 6.45) is -0.428. The van der Waals surface area contributed by atoms with Crippen molar-refractivity contribution in [1.29, 1.82) is 0 Å². The van der Waals surface area contributed by atoms with Gasteiger partial charge >= 0.3 is 5.63 Å². The average molecular weight is 291 g/mol. The minimum absolute atomic E-state index is 0.215. The number of hydrogen-bond acceptors (Lipinski definition) is 6. The van der Waals surface area contributed by atoms with Crippen LogP contribution in [0.2, 0.25) is 0 Å². The second kappa shape index (κ2) is 5.97. The summed E-state index contributed by atoms with van der Waals surface area (Å²) in [5.74, 6) is -1.06. The lowest BCUT2D eigenvalue weighted by Crippen LogP contribution is -2.28. The molecule has 0 unspecified atom stereocenters. The minimum Gasteiger partial charge on any atom is -0.546 e. The van der Waals surface area contributed by atoms with Gasteiger partial charge in [-0.05, 0) is 31.5 Å². The van der Waals surface area contributed by atoms with Crippen molar-refractivity contribution < 1.29 is 24.2 Å². The second-order valence-corrected chi connectivity index (χ2v) is 4.86. The molecule has 1 heterocycles. The van der Waals surface area contributed by atoms with Crippen molar-refractivity contribution in [3.05, 3.63) is 39.7 Å². The Bertz CT molecular complexity index is 729. The molecular weight excluding hydrogens is 276 g/mol. The molecule has 2 aromatic rings. The maximum Gasteiger partial charge on any atom is 0.339 e. The Balaban J connectivity index is 2.46. The maximum atomic E-state index is 11.9. The highest BCUT2D eigenvalue weighted by atomic mass is 16.5. The highest BCUT2D eigenvalue weighted by Gasteiger charge is 2.13. The van der Waals surface area contributed by atoms with Crippen LogP contribution in [-0.4, -0.2) is 23.8 Å². The number of benzene rings is 1. The largest absolute Gasteiger partial charge is 0.546 e. The molecule has 0 spiro atoms. The topological polar surface area (TPSA) is 99.8 Å². The Labute approximate surface area is 120 Å². The van der Waals surface area contributed by atoms with Gasteiger partial charge in [0.25, 0.3) is 0 Å². The first-order valence-electron chi connectivity index (χ1n) is 6.45. The summed E-state index contributed by atoms with van der Waals surface area (Å²) in [5, 5.41) is 20.5. The first-order chi connectivity index (χ1) is 9.88. The van der Waals surface area contributed by atoms with Gasteiger partial charge in [-0.25, -0.2) is 4.79 Å². The van der Waals surface area contributed by atoms with Crippen molar-refractivity contribution in [3.8, 4) is 5.75 Å². The third kappa shape index (κ3) is 3.41. The van der Waals surface area contributed by atoms with E-state index in [1.165, 1.54) is 6.07 Å². The van der Waals surface area contributed by atoms with E-state index in [2.05, 4.69) is 0 Å². The van der Waals surface area contributed by atoms with E-state index < -0.39 is 24.3 Å². The molecule has 0 aliphatic heterocycles. The van der Waals surface area contributed by atoms with Crippen LogP contribution in [0.1, 0.15) is 18.1 Å². The number of fused-ring (bicyclic) bond motifs is 1. The molecule has 0 aliphatic rings.